The Bertz CT molecular complexity index is 391. The van der Waals surface area contributed by atoms with Crippen LogP contribution in [0.3, 0.4) is 0 Å². The Kier molecular flexibility index (Phi) is 6.27. The molecule has 0 aromatic carbocycles. The lowest BCUT2D eigenvalue weighted by Gasteiger charge is -2.42. The third kappa shape index (κ3) is 5.39. The summed E-state index contributed by atoms with van der Waals surface area (Å²) in [5, 5.41) is 5.89. The van der Waals surface area contributed by atoms with Crippen molar-refractivity contribution in [1.82, 2.24) is 10.2 Å². The molecule has 0 spiro atoms. The third-order valence-electron chi connectivity index (χ3n) is 4.83. The summed E-state index contributed by atoms with van der Waals surface area (Å²) < 4.78 is 0. The molecular formula is C18H32N2S. The highest BCUT2D eigenvalue weighted by Crippen LogP contribution is 2.39. The van der Waals surface area contributed by atoms with E-state index >= 15 is 0 Å². The molecular weight excluding hydrogens is 276 g/mol. The first kappa shape index (κ1) is 17.0. The summed E-state index contributed by atoms with van der Waals surface area (Å²) in [5.41, 5.74) is 0.475. The van der Waals surface area contributed by atoms with Crippen LogP contribution in [0.25, 0.3) is 0 Å². The summed E-state index contributed by atoms with van der Waals surface area (Å²) in [6.07, 6.45) is 5.55. The van der Waals surface area contributed by atoms with Crippen molar-refractivity contribution in [1.29, 1.82) is 0 Å². The molecule has 0 unspecified atom stereocenters. The van der Waals surface area contributed by atoms with Crippen molar-refractivity contribution >= 4 is 11.3 Å². The number of thiophene rings is 1. The van der Waals surface area contributed by atoms with E-state index in [2.05, 4.69) is 55.5 Å². The van der Waals surface area contributed by atoms with Gasteiger partial charge in [-0.1, -0.05) is 39.7 Å². The molecule has 1 N–H and O–H groups in total. The lowest BCUT2D eigenvalue weighted by Crippen LogP contribution is -2.46. The quantitative estimate of drug-likeness (QED) is 0.804. The van der Waals surface area contributed by atoms with Crippen LogP contribution in [0, 0.1) is 11.3 Å². The molecule has 2 nitrogen and oxygen atoms in total. The average Bonchev–Trinajstić information content (AvgIpc) is 2.92. The van der Waals surface area contributed by atoms with Crippen molar-refractivity contribution in [3.05, 3.63) is 22.4 Å². The van der Waals surface area contributed by atoms with Gasteiger partial charge in [0.15, 0.2) is 0 Å². The number of hydrogen-bond acceptors (Lipinski definition) is 3. The summed E-state index contributed by atoms with van der Waals surface area (Å²) in [7, 11) is 2.29. The summed E-state index contributed by atoms with van der Waals surface area (Å²) >= 11 is 1.87. The topological polar surface area (TPSA) is 15.3 Å². The van der Waals surface area contributed by atoms with Crippen LogP contribution in [0.2, 0.25) is 0 Å². The molecule has 120 valence electrons. The molecule has 1 aromatic rings. The number of rotatable bonds is 7. The van der Waals surface area contributed by atoms with Crippen molar-refractivity contribution in [2.45, 2.75) is 59.0 Å². The van der Waals surface area contributed by atoms with Crippen LogP contribution in [0.1, 0.15) is 51.3 Å². The third-order valence-corrected chi connectivity index (χ3v) is 5.69. The monoisotopic (exact) mass is 308 g/mol. The van der Waals surface area contributed by atoms with Crippen molar-refractivity contribution in [3.8, 4) is 0 Å². The van der Waals surface area contributed by atoms with Crippen molar-refractivity contribution in [2.24, 2.45) is 11.3 Å². The van der Waals surface area contributed by atoms with Gasteiger partial charge in [0, 0.05) is 30.6 Å². The molecule has 1 aromatic heterocycles. The van der Waals surface area contributed by atoms with Gasteiger partial charge in [0.05, 0.1) is 0 Å². The van der Waals surface area contributed by atoms with Gasteiger partial charge in [-0.25, -0.2) is 0 Å². The van der Waals surface area contributed by atoms with E-state index in [9.17, 15) is 0 Å². The minimum Gasteiger partial charge on any atom is -0.314 e. The van der Waals surface area contributed by atoms with Gasteiger partial charge >= 0.3 is 0 Å². The molecule has 3 heteroatoms. The minimum absolute atomic E-state index is 0.475. The molecule has 0 aliphatic heterocycles. The second-order valence-electron chi connectivity index (χ2n) is 7.47. The van der Waals surface area contributed by atoms with Gasteiger partial charge in [-0.2, -0.15) is 0 Å². The second kappa shape index (κ2) is 7.75. The van der Waals surface area contributed by atoms with Crippen LogP contribution in [0.4, 0.5) is 0 Å². The molecule has 1 saturated carbocycles. The van der Waals surface area contributed by atoms with E-state index < -0.39 is 0 Å². The van der Waals surface area contributed by atoms with E-state index in [4.69, 9.17) is 0 Å². The second-order valence-corrected chi connectivity index (χ2v) is 8.50. The normalized spacial score (nSPS) is 26.7. The van der Waals surface area contributed by atoms with Gasteiger partial charge < -0.3 is 10.2 Å². The van der Waals surface area contributed by atoms with E-state index in [1.54, 1.807) is 0 Å². The van der Waals surface area contributed by atoms with Gasteiger partial charge in [0.25, 0.3) is 0 Å². The predicted octanol–water partition coefficient (Wildman–Crippen LogP) is 4.37. The summed E-state index contributed by atoms with van der Waals surface area (Å²) in [6, 6.07) is 5.00. The van der Waals surface area contributed by atoms with Gasteiger partial charge in [0.2, 0.25) is 0 Å². The van der Waals surface area contributed by atoms with Crippen molar-refractivity contribution in [2.75, 3.05) is 20.1 Å². The molecule has 1 heterocycles. The largest absolute Gasteiger partial charge is 0.314 e. The lowest BCUT2D eigenvalue weighted by molar-refractivity contribution is 0.0941. The maximum Gasteiger partial charge on any atom is 0.0325 e. The summed E-state index contributed by atoms with van der Waals surface area (Å²) in [5.74, 6) is 0.916. The first-order valence-corrected chi connectivity index (χ1v) is 9.31. The fourth-order valence-electron chi connectivity index (χ4n) is 3.48. The first-order valence-electron chi connectivity index (χ1n) is 8.43. The maximum absolute atomic E-state index is 3.71. The van der Waals surface area contributed by atoms with Crippen molar-refractivity contribution < 1.29 is 0 Å². The molecule has 1 aliphatic carbocycles. The smallest absolute Gasteiger partial charge is 0.0325 e. The maximum atomic E-state index is 3.71. The van der Waals surface area contributed by atoms with Crippen molar-refractivity contribution in [3.63, 3.8) is 0 Å². The zero-order valence-electron chi connectivity index (χ0n) is 14.2. The number of nitrogens with zero attached hydrogens (tertiary/aromatic N) is 1. The van der Waals surface area contributed by atoms with Gasteiger partial charge in [-0.05, 0) is 42.7 Å². The fraction of sp³-hybridized carbons (Fsp3) is 0.778. The SMILES string of the molecule is CC1CCC(CNC(C)C)(CN(C)Cc2cccs2)CC1. The Balaban J connectivity index is 1.94. The Hall–Kier alpha value is -0.380. The van der Waals surface area contributed by atoms with E-state index in [0.29, 0.717) is 11.5 Å². The first-order chi connectivity index (χ1) is 9.99. The highest BCUT2D eigenvalue weighted by Gasteiger charge is 2.35. The Morgan fingerprint density at radius 2 is 2.10 bits per heavy atom. The molecule has 0 bridgehead atoms. The van der Waals surface area contributed by atoms with E-state index in [1.807, 2.05) is 11.3 Å². The fourth-order valence-corrected chi connectivity index (χ4v) is 4.27. The summed E-state index contributed by atoms with van der Waals surface area (Å²) in [4.78, 5) is 4.01. The highest BCUT2D eigenvalue weighted by atomic mass is 32.1. The Morgan fingerprint density at radius 1 is 1.38 bits per heavy atom. The zero-order valence-corrected chi connectivity index (χ0v) is 15.0. The standard InChI is InChI=1S/C18H32N2S/c1-15(2)19-13-18(9-7-16(3)8-10-18)14-20(4)12-17-6-5-11-21-17/h5-6,11,15-16,19H,7-10,12-14H2,1-4H3. The van der Waals surface area contributed by atoms with Crippen LogP contribution in [-0.4, -0.2) is 31.1 Å². The van der Waals surface area contributed by atoms with E-state index in [1.165, 1.54) is 43.6 Å². The number of nitrogens with one attached hydrogen (secondary N) is 1. The van der Waals surface area contributed by atoms with E-state index in [-0.39, 0.29) is 0 Å². The molecule has 21 heavy (non-hydrogen) atoms. The van der Waals surface area contributed by atoms with Crippen LogP contribution < -0.4 is 5.32 Å². The lowest BCUT2D eigenvalue weighted by atomic mass is 9.70. The number of hydrogen-bond donors (Lipinski definition) is 1. The Labute approximate surface area is 134 Å². The molecule has 0 saturated heterocycles. The van der Waals surface area contributed by atoms with Gasteiger partial charge in [-0.3, -0.25) is 0 Å². The van der Waals surface area contributed by atoms with Gasteiger partial charge in [-0.15, -0.1) is 11.3 Å². The van der Waals surface area contributed by atoms with Crippen LogP contribution in [0.5, 0.6) is 0 Å². The molecule has 1 aliphatic rings. The van der Waals surface area contributed by atoms with E-state index in [0.717, 1.165) is 12.5 Å². The average molecular weight is 309 g/mol. The molecule has 0 amide bonds. The molecule has 0 radical (unpaired) electrons. The minimum atomic E-state index is 0.475. The Morgan fingerprint density at radius 3 is 2.67 bits per heavy atom. The van der Waals surface area contributed by atoms with Crippen LogP contribution in [-0.2, 0) is 6.54 Å². The molecule has 2 rings (SSSR count). The highest BCUT2D eigenvalue weighted by molar-refractivity contribution is 7.09. The van der Waals surface area contributed by atoms with Crippen LogP contribution >= 0.6 is 11.3 Å². The molecule has 1 fully saturated rings. The zero-order chi connectivity index (χ0) is 15.3. The van der Waals surface area contributed by atoms with Crippen LogP contribution in [0.15, 0.2) is 17.5 Å². The predicted molar refractivity (Wildman–Crippen MR) is 93.9 cm³/mol. The van der Waals surface area contributed by atoms with Gasteiger partial charge in [0.1, 0.15) is 0 Å². The summed E-state index contributed by atoms with van der Waals surface area (Å²) in [6.45, 7) is 10.4. The molecule has 0 atom stereocenters.